The van der Waals surface area contributed by atoms with Gasteiger partial charge in [-0.2, -0.15) is 0 Å². The minimum atomic E-state index is -0.862. The number of anilines is 2. The maximum Gasteiger partial charge on any atom is 0.309 e. The number of aryl methyl sites for hydroxylation is 2. The van der Waals surface area contributed by atoms with Crippen LogP contribution in [0.4, 0.5) is 10.8 Å². The number of aromatic nitrogens is 1. The van der Waals surface area contributed by atoms with E-state index in [1.807, 2.05) is 26.0 Å². The second-order valence-corrected chi connectivity index (χ2v) is 5.02. The van der Waals surface area contributed by atoms with E-state index in [0.717, 1.165) is 16.4 Å². The Bertz CT molecular complexity index is 578. The second-order valence-electron chi connectivity index (χ2n) is 4.16. The molecule has 2 aromatic rings. The highest BCUT2D eigenvalue weighted by Gasteiger charge is 2.07. The quantitative estimate of drug-likeness (QED) is 0.888. The van der Waals surface area contributed by atoms with Crippen molar-refractivity contribution in [2.24, 2.45) is 0 Å². The van der Waals surface area contributed by atoms with Crippen molar-refractivity contribution in [2.75, 3.05) is 5.32 Å². The van der Waals surface area contributed by atoms with Gasteiger partial charge in [0, 0.05) is 11.1 Å². The normalized spacial score (nSPS) is 10.3. The lowest BCUT2D eigenvalue weighted by atomic mass is 10.1. The third-order valence-corrected chi connectivity index (χ3v) is 3.33. The van der Waals surface area contributed by atoms with E-state index in [-0.39, 0.29) is 6.42 Å². The van der Waals surface area contributed by atoms with Crippen LogP contribution in [-0.4, -0.2) is 16.1 Å². The van der Waals surface area contributed by atoms with Crippen molar-refractivity contribution in [3.8, 4) is 0 Å². The molecule has 1 aromatic carbocycles. The molecule has 0 bridgehead atoms. The van der Waals surface area contributed by atoms with Gasteiger partial charge in [0.15, 0.2) is 5.13 Å². The highest BCUT2D eigenvalue weighted by molar-refractivity contribution is 7.13. The third-order valence-electron chi connectivity index (χ3n) is 2.52. The van der Waals surface area contributed by atoms with Crippen LogP contribution in [0.15, 0.2) is 23.6 Å². The summed E-state index contributed by atoms with van der Waals surface area (Å²) >= 11 is 1.42. The third kappa shape index (κ3) is 3.07. The average Bonchev–Trinajstić information content (AvgIpc) is 2.70. The fourth-order valence-electron chi connectivity index (χ4n) is 1.59. The topological polar surface area (TPSA) is 62.2 Å². The summed E-state index contributed by atoms with van der Waals surface area (Å²) in [5.74, 6) is -0.862. The first-order valence-corrected chi connectivity index (χ1v) is 6.43. The maximum atomic E-state index is 10.6. The summed E-state index contributed by atoms with van der Waals surface area (Å²) in [6, 6.07) is 6.15. The molecule has 0 aliphatic rings. The van der Waals surface area contributed by atoms with Crippen molar-refractivity contribution in [2.45, 2.75) is 20.3 Å². The van der Waals surface area contributed by atoms with Crippen LogP contribution in [-0.2, 0) is 11.2 Å². The number of nitrogens with one attached hydrogen (secondary N) is 1. The van der Waals surface area contributed by atoms with E-state index in [1.165, 1.54) is 16.9 Å². The number of carbonyl (C=O) groups is 1. The number of benzene rings is 1. The summed E-state index contributed by atoms with van der Waals surface area (Å²) in [5, 5.41) is 14.4. The van der Waals surface area contributed by atoms with Crippen LogP contribution in [0.1, 0.15) is 16.8 Å². The summed E-state index contributed by atoms with van der Waals surface area (Å²) in [7, 11) is 0. The highest BCUT2D eigenvalue weighted by atomic mass is 32.1. The molecule has 94 valence electrons. The molecule has 0 amide bonds. The molecule has 0 aliphatic carbocycles. The number of hydrogen-bond acceptors (Lipinski definition) is 4. The van der Waals surface area contributed by atoms with Gasteiger partial charge in [0.25, 0.3) is 0 Å². The average molecular weight is 262 g/mol. The molecule has 5 heteroatoms. The van der Waals surface area contributed by atoms with Crippen molar-refractivity contribution < 1.29 is 9.90 Å². The number of thiazole rings is 1. The van der Waals surface area contributed by atoms with Crippen LogP contribution >= 0.6 is 11.3 Å². The summed E-state index contributed by atoms with van der Waals surface area (Å²) < 4.78 is 0. The van der Waals surface area contributed by atoms with Crippen LogP contribution in [0.3, 0.4) is 0 Å². The van der Waals surface area contributed by atoms with Crippen molar-refractivity contribution in [3.05, 3.63) is 40.4 Å². The van der Waals surface area contributed by atoms with Gasteiger partial charge < -0.3 is 10.4 Å². The molecule has 2 N–H and O–H groups in total. The zero-order chi connectivity index (χ0) is 13.1. The fraction of sp³-hybridized carbons (Fsp3) is 0.231. The summed E-state index contributed by atoms with van der Waals surface area (Å²) in [6.07, 6.45) is -0.0367. The molecule has 0 unspecified atom stereocenters. The minimum Gasteiger partial charge on any atom is -0.481 e. The number of carboxylic acids is 1. The van der Waals surface area contributed by atoms with Gasteiger partial charge in [0.1, 0.15) is 0 Å². The number of carboxylic acid groups (broad SMARTS) is 1. The molecule has 2 rings (SSSR count). The fourth-order valence-corrected chi connectivity index (χ4v) is 2.31. The van der Waals surface area contributed by atoms with Crippen molar-refractivity contribution in [1.82, 2.24) is 4.98 Å². The van der Waals surface area contributed by atoms with Gasteiger partial charge in [0.05, 0.1) is 12.1 Å². The molecular formula is C13H14N2O2S. The molecule has 18 heavy (non-hydrogen) atoms. The summed E-state index contributed by atoms with van der Waals surface area (Å²) in [5.41, 5.74) is 3.90. The molecule has 0 aliphatic heterocycles. The van der Waals surface area contributed by atoms with Crippen LogP contribution in [0.25, 0.3) is 0 Å². The summed E-state index contributed by atoms with van der Waals surface area (Å²) in [4.78, 5) is 14.8. The zero-order valence-electron chi connectivity index (χ0n) is 10.2. The SMILES string of the molecule is Cc1ccc(C)c(Nc2nc(CC(=O)O)cs2)c1. The first-order chi connectivity index (χ1) is 8.54. The zero-order valence-corrected chi connectivity index (χ0v) is 11.0. The Balaban J connectivity index is 2.16. The highest BCUT2D eigenvalue weighted by Crippen LogP contribution is 2.24. The Kier molecular flexibility index (Phi) is 3.62. The number of nitrogens with zero attached hydrogens (tertiary/aromatic N) is 1. The van der Waals surface area contributed by atoms with Gasteiger partial charge in [-0.1, -0.05) is 12.1 Å². The van der Waals surface area contributed by atoms with E-state index >= 15 is 0 Å². The van der Waals surface area contributed by atoms with E-state index in [0.29, 0.717) is 5.69 Å². The van der Waals surface area contributed by atoms with Gasteiger partial charge in [-0.3, -0.25) is 4.79 Å². The lowest BCUT2D eigenvalue weighted by molar-refractivity contribution is -0.136. The molecular weight excluding hydrogens is 248 g/mol. The van der Waals surface area contributed by atoms with E-state index < -0.39 is 5.97 Å². The molecule has 0 fully saturated rings. The van der Waals surface area contributed by atoms with Gasteiger partial charge in [0.2, 0.25) is 0 Å². The van der Waals surface area contributed by atoms with Crippen molar-refractivity contribution >= 4 is 28.1 Å². The molecule has 0 radical (unpaired) electrons. The Morgan fingerprint density at radius 3 is 2.94 bits per heavy atom. The molecule has 0 atom stereocenters. The molecule has 0 saturated heterocycles. The Hall–Kier alpha value is -1.88. The number of aliphatic carboxylic acids is 1. The lowest BCUT2D eigenvalue weighted by Gasteiger charge is -2.07. The molecule has 1 heterocycles. The van der Waals surface area contributed by atoms with Gasteiger partial charge in [-0.05, 0) is 31.0 Å². The lowest BCUT2D eigenvalue weighted by Crippen LogP contribution is -2.00. The Labute approximate surface area is 109 Å². The number of hydrogen-bond donors (Lipinski definition) is 2. The first kappa shape index (κ1) is 12.6. The van der Waals surface area contributed by atoms with Crippen molar-refractivity contribution in [1.29, 1.82) is 0 Å². The van der Waals surface area contributed by atoms with Gasteiger partial charge in [-0.15, -0.1) is 11.3 Å². The summed E-state index contributed by atoms with van der Waals surface area (Å²) in [6.45, 7) is 4.05. The molecule has 1 aromatic heterocycles. The maximum absolute atomic E-state index is 10.6. The monoisotopic (exact) mass is 262 g/mol. The molecule has 0 spiro atoms. The predicted molar refractivity (Wildman–Crippen MR) is 72.7 cm³/mol. The minimum absolute atomic E-state index is 0.0367. The second kappa shape index (κ2) is 5.18. The smallest absolute Gasteiger partial charge is 0.309 e. The van der Waals surface area contributed by atoms with Gasteiger partial charge >= 0.3 is 5.97 Å². The van der Waals surface area contributed by atoms with Crippen LogP contribution in [0.2, 0.25) is 0 Å². The Morgan fingerprint density at radius 2 is 2.22 bits per heavy atom. The molecule has 0 saturated carbocycles. The molecule has 4 nitrogen and oxygen atoms in total. The Morgan fingerprint density at radius 1 is 1.44 bits per heavy atom. The number of rotatable bonds is 4. The van der Waals surface area contributed by atoms with Crippen LogP contribution in [0, 0.1) is 13.8 Å². The van der Waals surface area contributed by atoms with Crippen LogP contribution in [0.5, 0.6) is 0 Å². The van der Waals surface area contributed by atoms with Gasteiger partial charge in [-0.25, -0.2) is 4.98 Å². The van der Waals surface area contributed by atoms with E-state index in [1.54, 1.807) is 5.38 Å². The van der Waals surface area contributed by atoms with Crippen LogP contribution < -0.4 is 5.32 Å². The standard InChI is InChI=1S/C13H14N2O2S/c1-8-3-4-9(2)11(5-8)15-13-14-10(7-18-13)6-12(16)17/h3-5,7H,6H2,1-2H3,(H,14,15)(H,16,17). The van der Waals surface area contributed by atoms with E-state index in [2.05, 4.69) is 16.4 Å². The van der Waals surface area contributed by atoms with E-state index in [4.69, 9.17) is 5.11 Å². The first-order valence-electron chi connectivity index (χ1n) is 5.55. The van der Waals surface area contributed by atoms with Crippen molar-refractivity contribution in [3.63, 3.8) is 0 Å². The van der Waals surface area contributed by atoms with E-state index in [9.17, 15) is 4.79 Å². The predicted octanol–water partition coefficient (Wildman–Crippen LogP) is 3.13. The largest absolute Gasteiger partial charge is 0.481 e.